The average Bonchev–Trinajstić information content (AvgIpc) is 3.18. The molecule has 2 aromatic carbocycles. The normalized spacial score (nSPS) is 16.2. The summed E-state index contributed by atoms with van der Waals surface area (Å²) < 4.78 is 17.0. The molecule has 1 aliphatic heterocycles. The van der Waals surface area contributed by atoms with Gasteiger partial charge in [-0.15, -0.1) is 0 Å². The molecule has 0 bridgehead atoms. The van der Waals surface area contributed by atoms with Crippen LogP contribution in [0.1, 0.15) is 18.4 Å². The number of furan rings is 1. The van der Waals surface area contributed by atoms with E-state index in [2.05, 4.69) is 27.4 Å². The van der Waals surface area contributed by atoms with Crippen molar-refractivity contribution in [3.63, 3.8) is 0 Å². The topological polar surface area (TPSA) is 69.4 Å². The van der Waals surface area contributed by atoms with Gasteiger partial charge in [0.25, 0.3) is 0 Å². The highest BCUT2D eigenvalue weighted by molar-refractivity contribution is 6.05. The Morgan fingerprint density at radius 1 is 1.03 bits per heavy atom. The third kappa shape index (κ3) is 3.19. The minimum Gasteiger partial charge on any atom is -0.497 e. The van der Waals surface area contributed by atoms with Crippen molar-refractivity contribution >= 4 is 27.9 Å². The number of para-hydroxylation sites is 1. The SMILES string of the molecule is COc1ccc(C2(CNc3ncnc4c3oc3ccccc34)CCOCC2)cc1. The van der Waals surface area contributed by atoms with Gasteiger partial charge in [0.1, 0.15) is 23.2 Å². The van der Waals surface area contributed by atoms with E-state index in [1.54, 1.807) is 13.4 Å². The van der Waals surface area contributed by atoms with Gasteiger partial charge in [-0.1, -0.05) is 24.3 Å². The zero-order chi connectivity index (χ0) is 19.7. The van der Waals surface area contributed by atoms with Gasteiger partial charge in [0.05, 0.1) is 7.11 Å². The molecule has 4 aromatic rings. The molecule has 1 N–H and O–H groups in total. The number of benzene rings is 2. The van der Waals surface area contributed by atoms with Gasteiger partial charge in [0.15, 0.2) is 11.4 Å². The van der Waals surface area contributed by atoms with Crippen molar-refractivity contribution < 1.29 is 13.9 Å². The molecule has 0 unspecified atom stereocenters. The van der Waals surface area contributed by atoms with Crippen molar-refractivity contribution in [2.75, 3.05) is 32.2 Å². The quantitative estimate of drug-likeness (QED) is 0.540. The van der Waals surface area contributed by atoms with E-state index in [0.29, 0.717) is 5.58 Å². The number of ether oxygens (including phenoxy) is 2. The first kappa shape index (κ1) is 17.9. The zero-order valence-corrected chi connectivity index (χ0v) is 16.4. The van der Waals surface area contributed by atoms with Crippen molar-refractivity contribution in [3.8, 4) is 5.75 Å². The fourth-order valence-corrected chi connectivity index (χ4v) is 4.18. The highest BCUT2D eigenvalue weighted by Crippen LogP contribution is 2.37. The number of nitrogens with zero attached hydrogens (tertiary/aromatic N) is 2. The molecule has 0 saturated carbocycles. The van der Waals surface area contributed by atoms with Gasteiger partial charge in [-0.3, -0.25) is 0 Å². The maximum Gasteiger partial charge on any atom is 0.196 e. The third-order valence-corrected chi connectivity index (χ3v) is 5.90. The van der Waals surface area contributed by atoms with E-state index in [1.807, 2.05) is 36.4 Å². The summed E-state index contributed by atoms with van der Waals surface area (Å²) in [5.74, 6) is 1.59. The molecule has 148 valence electrons. The lowest BCUT2D eigenvalue weighted by molar-refractivity contribution is 0.0543. The van der Waals surface area contributed by atoms with E-state index < -0.39 is 0 Å². The smallest absolute Gasteiger partial charge is 0.196 e. The molecule has 1 fully saturated rings. The Balaban J connectivity index is 1.48. The summed E-state index contributed by atoms with van der Waals surface area (Å²) in [5.41, 5.74) is 3.61. The van der Waals surface area contributed by atoms with Crippen molar-refractivity contribution in [3.05, 3.63) is 60.4 Å². The highest BCUT2D eigenvalue weighted by atomic mass is 16.5. The van der Waals surface area contributed by atoms with Gasteiger partial charge in [0.2, 0.25) is 0 Å². The van der Waals surface area contributed by atoms with Crippen LogP contribution in [-0.4, -0.2) is 36.8 Å². The summed E-state index contributed by atoms with van der Waals surface area (Å²) >= 11 is 0. The van der Waals surface area contributed by atoms with Crippen LogP contribution in [-0.2, 0) is 10.2 Å². The summed E-state index contributed by atoms with van der Waals surface area (Å²) in [4.78, 5) is 8.91. The van der Waals surface area contributed by atoms with E-state index in [-0.39, 0.29) is 5.41 Å². The Bertz CT molecular complexity index is 1130. The molecule has 5 rings (SSSR count). The Labute approximate surface area is 168 Å². The van der Waals surface area contributed by atoms with Crippen molar-refractivity contribution in [2.24, 2.45) is 0 Å². The maximum absolute atomic E-state index is 6.06. The summed E-state index contributed by atoms with van der Waals surface area (Å²) in [5, 5.41) is 4.56. The first-order valence-corrected chi connectivity index (χ1v) is 9.87. The number of rotatable bonds is 5. The lowest BCUT2D eigenvalue weighted by atomic mass is 9.74. The monoisotopic (exact) mass is 389 g/mol. The summed E-state index contributed by atoms with van der Waals surface area (Å²) in [6.07, 6.45) is 3.48. The lowest BCUT2D eigenvalue weighted by Crippen LogP contribution is -2.40. The third-order valence-electron chi connectivity index (χ3n) is 5.90. The van der Waals surface area contributed by atoms with Gasteiger partial charge in [-0.2, -0.15) is 0 Å². The van der Waals surface area contributed by atoms with Crippen LogP contribution in [0.15, 0.2) is 59.3 Å². The van der Waals surface area contributed by atoms with E-state index >= 15 is 0 Å². The Morgan fingerprint density at radius 3 is 2.62 bits per heavy atom. The Morgan fingerprint density at radius 2 is 1.83 bits per heavy atom. The second-order valence-electron chi connectivity index (χ2n) is 7.47. The number of hydrogen-bond donors (Lipinski definition) is 1. The van der Waals surface area contributed by atoms with Crippen LogP contribution < -0.4 is 10.1 Å². The molecule has 29 heavy (non-hydrogen) atoms. The number of aromatic nitrogens is 2. The van der Waals surface area contributed by atoms with Crippen LogP contribution in [0.5, 0.6) is 5.75 Å². The number of methoxy groups -OCH3 is 1. The zero-order valence-electron chi connectivity index (χ0n) is 16.4. The van der Waals surface area contributed by atoms with Crippen LogP contribution in [0.2, 0.25) is 0 Å². The number of anilines is 1. The molecule has 6 heteroatoms. The molecule has 1 saturated heterocycles. The summed E-state index contributed by atoms with van der Waals surface area (Å²) in [6, 6.07) is 16.3. The molecule has 2 aromatic heterocycles. The molecular formula is C23H23N3O3. The Hall–Kier alpha value is -3.12. The molecular weight excluding hydrogens is 366 g/mol. The summed E-state index contributed by atoms with van der Waals surface area (Å²) in [6.45, 7) is 2.24. The Kier molecular flexibility index (Phi) is 4.56. The number of hydrogen-bond acceptors (Lipinski definition) is 6. The number of nitrogens with one attached hydrogen (secondary N) is 1. The molecule has 0 radical (unpaired) electrons. The fraction of sp³-hybridized carbons (Fsp3) is 0.304. The molecule has 0 spiro atoms. The van der Waals surface area contributed by atoms with Crippen molar-refractivity contribution in [1.29, 1.82) is 0 Å². The second-order valence-corrected chi connectivity index (χ2v) is 7.47. The first-order chi connectivity index (χ1) is 14.3. The molecule has 0 aliphatic carbocycles. The van der Waals surface area contributed by atoms with Gasteiger partial charge in [-0.05, 0) is 42.7 Å². The molecule has 1 aliphatic rings. The standard InChI is InChI=1S/C23H23N3O3/c1-27-17-8-6-16(7-9-17)23(10-12-28-13-11-23)14-24-22-21-20(25-15-26-22)18-4-2-3-5-19(18)29-21/h2-9,15H,10-14H2,1H3,(H,24,25,26). The largest absolute Gasteiger partial charge is 0.497 e. The fourth-order valence-electron chi connectivity index (χ4n) is 4.18. The minimum absolute atomic E-state index is 0.0339. The van der Waals surface area contributed by atoms with Crippen LogP contribution in [0.4, 0.5) is 5.82 Å². The average molecular weight is 389 g/mol. The van der Waals surface area contributed by atoms with Gasteiger partial charge in [0, 0.05) is 30.6 Å². The van der Waals surface area contributed by atoms with Crippen LogP contribution in [0.25, 0.3) is 22.1 Å². The predicted octanol–water partition coefficient (Wildman–Crippen LogP) is 4.54. The predicted molar refractivity (Wildman–Crippen MR) is 113 cm³/mol. The second kappa shape index (κ2) is 7.37. The molecule has 3 heterocycles. The van der Waals surface area contributed by atoms with Gasteiger partial charge in [-0.25, -0.2) is 9.97 Å². The molecule has 0 amide bonds. The first-order valence-electron chi connectivity index (χ1n) is 9.87. The maximum atomic E-state index is 6.06. The number of fused-ring (bicyclic) bond motifs is 3. The minimum atomic E-state index is -0.0339. The van der Waals surface area contributed by atoms with Gasteiger partial charge >= 0.3 is 0 Å². The highest BCUT2D eigenvalue weighted by Gasteiger charge is 2.34. The van der Waals surface area contributed by atoms with Gasteiger partial charge < -0.3 is 19.2 Å². The van der Waals surface area contributed by atoms with Crippen LogP contribution in [0.3, 0.4) is 0 Å². The van der Waals surface area contributed by atoms with Crippen molar-refractivity contribution in [1.82, 2.24) is 9.97 Å². The summed E-state index contributed by atoms with van der Waals surface area (Å²) in [7, 11) is 1.69. The van der Waals surface area contributed by atoms with E-state index in [0.717, 1.165) is 60.7 Å². The van der Waals surface area contributed by atoms with E-state index in [1.165, 1.54) is 5.56 Å². The van der Waals surface area contributed by atoms with Crippen LogP contribution >= 0.6 is 0 Å². The van der Waals surface area contributed by atoms with Crippen LogP contribution in [0, 0.1) is 0 Å². The molecule has 6 nitrogen and oxygen atoms in total. The molecule has 0 atom stereocenters. The lowest BCUT2D eigenvalue weighted by Gasteiger charge is -2.38. The van der Waals surface area contributed by atoms with E-state index in [4.69, 9.17) is 13.9 Å². The van der Waals surface area contributed by atoms with E-state index in [9.17, 15) is 0 Å². The van der Waals surface area contributed by atoms with Crippen molar-refractivity contribution in [2.45, 2.75) is 18.3 Å².